The third kappa shape index (κ3) is 26.3. The predicted molar refractivity (Wildman–Crippen MR) is 347 cm³/mol. The number of allylic oxidation sites excluding steroid dienone is 2. The Labute approximate surface area is 550 Å². The lowest BCUT2D eigenvalue weighted by molar-refractivity contribution is 0.00304. The summed E-state index contributed by atoms with van der Waals surface area (Å²) in [5.74, 6) is -1.17. The van der Waals surface area contributed by atoms with Gasteiger partial charge in [-0.3, -0.25) is 0 Å². The minimum Gasteiger partial charge on any atom is -0.496 e. The van der Waals surface area contributed by atoms with Crippen molar-refractivity contribution in [3.63, 3.8) is 0 Å². The Morgan fingerprint density at radius 3 is 1.10 bits per heavy atom. The van der Waals surface area contributed by atoms with E-state index >= 15 is 0 Å². The van der Waals surface area contributed by atoms with E-state index in [4.69, 9.17) is 99.5 Å². The van der Waals surface area contributed by atoms with Gasteiger partial charge in [-0.1, -0.05) is 11.6 Å². The molecule has 0 fully saturated rings. The zero-order chi connectivity index (χ0) is 67.5. The summed E-state index contributed by atoms with van der Waals surface area (Å²) in [5.41, 5.74) is 3.49. The molecule has 2 unspecified atom stereocenters. The van der Waals surface area contributed by atoms with Gasteiger partial charge >= 0.3 is 17.9 Å². The first kappa shape index (κ1) is 79.5. The van der Waals surface area contributed by atoms with E-state index in [1.165, 1.54) is 35.5 Å². The monoisotopic (exact) mass is 1320 g/mol. The van der Waals surface area contributed by atoms with Crippen LogP contribution in [0.1, 0.15) is 113 Å². The van der Waals surface area contributed by atoms with E-state index in [2.05, 4.69) is 0 Å². The fourth-order valence-corrected chi connectivity index (χ4v) is 10.4. The van der Waals surface area contributed by atoms with E-state index in [9.17, 15) is 14.4 Å². The number of hydrogen-bond donors (Lipinski definition) is 0. The first-order chi connectivity index (χ1) is 45.3. The van der Waals surface area contributed by atoms with Gasteiger partial charge in [0, 0.05) is 77.4 Å². The Kier molecular flexibility index (Phi) is 40.2. The average Bonchev–Trinajstić information content (AvgIpc) is 0.714. The van der Waals surface area contributed by atoms with Crippen LogP contribution in [0.15, 0.2) is 53.6 Å². The quantitative estimate of drug-likeness (QED) is 0.0290. The summed E-state index contributed by atoms with van der Waals surface area (Å²) in [5, 5.41) is 0. The predicted octanol–water partition coefficient (Wildman–Crippen LogP) is 9.08. The Morgan fingerprint density at radius 1 is 0.376 bits per heavy atom. The molecule has 524 valence electrons. The average molecular weight is 1320 g/mol. The molecule has 93 heavy (non-hydrogen) atoms. The fraction of sp³-hybridized carbons (Fsp3) is 0.638. The molecule has 0 radical (unpaired) electrons. The van der Waals surface area contributed by atoms with Gasteiger partial charge in [0.25, 0.3) is 0 Å². The molecule has 1 aliphatic carbocycles. The Hall–Kier alpha value is -5.97. The highest BCUT2D eigenvalue weighted by molar-refractivity contribution is 6.02. The minimum absolute atomic E-state index is 0.130. The van der Waals surface area contributed by atoms with Crippen molar-refractivity contribution in [2.45, 2.75) is 70.8 Å². The molecule has 0 spiro atoms. The van der Waals surface area contributed by atoms with E-state index in [1.54, 1.807) is 64.8 Å². The van der Waals surface area contributed by atoms with Gasteiger partial charge in [0.1, 0.15) is 51.0 Å². The summed E-state index contributed by atoms with van der Waals surface area (Å²) in [6.07, 6.45) is 3.91. The van der Waals surface area contributed by atoms with E-state index in [0.717, 1.165) is 5.57 Å². The van der Waals surface area contributed by atoms with E-state index in [-0.39, 0.29) is 41.4 Å². The van der Waals surface area contributed by atoms with Crippen LogP contribution in [0.3, 0.4) is 0 Å². The largest absolute Gasteiger partial charge is 0.496 e. The van der Waals surface area contributed by atoms with Crippen LogP contribution in [0, 0.1) is 0 Å². The summed E-state index contributed by atoms with van der Waals surface area (Å²) in [6.45, 7) is 16.6. The zero-order valence-corrected chi connectivity index (χ0v) is 57.1. The first-order valence-electron chi connectivity index (χ1n) is 31.7. The third-order valence-electron chi connectivity index (χ3n) is 15.1. The van der Waals surface area contributed by atoms with Gasteiger partial charge in [-0.05, 0) is 106 Å². The Balaban J connectivity index is 1.73. The van der Waals surface area contributed by atoms with E-state index in [0.29, 0.717) is 235 Å². The van der Waals surface area contributed by atoms with Crippen molar-refractivity contribution in [3.05, 3.63) is 87.0 Å². The lowest BCUT2D eigenvalue weighted by Gasteiger charge is -2.46. The molecule has 0 aromatic heterocycles. The summed E-state index contributed by atoms with van der Waals surface area (Å²) in [6, 6.07) is 12.1. The highest BCUT2D eigenvalue weighted by Gasteiger charge is 2.49. The molecule has 0 N–H and O–H groups in total. The summed E-state index contributed by atoms with van der Waals surface area (Å²) < 4.78 is 120. The van der Waals surface area contributed by atoms with Crippen molar-refractivity contribution >= 4 is 29.1 Å². The number of hydrogen-bond acceptors (Lipinski definition) is 24. The molecule has 4 rings (SSSR count). The van der Waals surface area contributed by atoms with Gasteiger partial charge in [-0.25, -0.2) is 14.4 Å². The van der Waals surface area contributed by atoms with E-state index in [1.807, 2.05) is 26.8 Å². The highest BCUT2D eigenvalue weighted by atomic mass is 16.6. The maximum Gasteiger partial charge on any atom is 0.341 e. The molecule has 1 aliphatic rings. The Bertz CT molecular complexity index is 2690. The van der Waals surface area contributed by atoms with Crippen LogP contribution in [0.5, 0.6) is 28.7 Å². The molecule has 24 nitrogen and oxygen atoms in total. The van der Waals surface area contributed by atoms with E-state index < -0.39 is 29.4 Å². The van der Waals surface area contributed by atoms with Crippen molar-refractivity contribution < 1.29 is 114 Å². The van der Waals surface area contributed by atoms with Gasteiger partial charge in [0.2, 0.25) is 0 Å². The van der Waals surface area contributed by atoms with Gasteiger partial charge in [0.15, 0.2) is 0 Å². The van der Waals surface area contributed by atoms with Gasteiger partial charge in [-0.2, -0.15) is 0 Å². The first-order valence-corrected chi connectivity index (χ1v) is 31.7. The van der Waals surface area contributed by atoms with Crippen LogP contribution in [-0.2, 0) is 75.8 Å². The van der Waals surface area contributed by atoms with Crippen molar-refractivity contribution in [2.24, 2.45) is 0 Å². The second-order valence-corrected chi connectivity index (χ2v) is 21.3. The van der Waals surface area contributed by atoms with Gasteiger partial charge in [0.05, 0.1) is 174 Å². The molecular weight excluding hydrogens is 1210 g/mol. The molecular formula is C69H104O24. The molecule has 0 aliphatic heterocycles. The lowest BCUT2D eigenvalue weighted by Crippen LogP contribution is -2.41. The van der Waals surface area contributed by atoms with Crippen LogP contribution < -0.4 is 23.7 Å². The number of carbonyl (C=O) groups is 3. The summed E-state index contributed by atoms with van der Waals surface area (Å²) in [7, 11) is 13.5. The SMILES string of the molecule is COCCOCCOCCOCCCCOc1ccc(C2=C(C)C(c3cc(C(=O)OC)c(OCCCCOCCOCCOCCOC)cc3OC)C(C)(OC)C(c3cc(C(=O)OC)c(OCCCCOCCOCCOCCOC)cc3OC)=C2C)cc1C(=O)OC. The topological polar surface area (TPSA) is 245 Å². The molecule has 24 heteroatoms. The number of unbranched alkanes of at least 4 members (excludes halogenated alkanes) is 3. The molecule has 0 heterocycles. The maximum atomic E-state index is 14.0. The summed E-state index contributed by atoms with van der Waals surface area (Å²) >= 11 is 0. The minimum atomic E-state index is -1.35. The molecule has 0 saturated carbocycles. The fourth-order valence-electron chi connectivity index (χ4n) is 10.4. The molecule has 0 saturated heterocycles. The van der Waals surface area contributed by atoms with Crippen molar-refractivity contribution in [1.29, 1.82) is 0 Å². The molecule has 2 atom stereocenters. The highest BCUT2D eigenvalue weighted by Crippen LogP contribution is 2.58. The Morgan fingerprint density at radius 2 is 0.720 bits per heavy atom. The number of ether oxygens (including phenoxy) is 21. The number of methoxy groups -OCH3 is 9. The molecule has 3 aromatic rings. The standard InChI is InChI=1S/C69H104O24/c1-50-63(52-19-20-58(55(45-52)66(70)78-9)91-24-16-13-21-82-33-36-88-42-39-85-30-27-73-4)51(2)65(54-47-57(68(72)80-11)62(49-60(54)77-8)93-26-18-15-23-84-35-38-90-44-41-87-32-29-75-6)69(3,81-12)64(50)53-46-56(67(71)79-10)61(48-59(53)76-7)92-25-17-14-22-83-34-37-89-43-40-86-31-28-74-5/h19-20,45-49,64H,13-18,21-44H2,1-12H3. The molecule has 0 bridgehead atoms. The van der Waals surface area contributed by atoms with Crippen LogP contribution in [-0.4, -0.2) is 246 Å². The van der Waals surface area contributed by atoms with Crippen molar-refractivity contribution in [2.75, 3.05) is 223 Å². The maximum absolute atomic E-state index is 14.0. The number of esters is 3. The summed E-state index contributed by atoms with van der Waals surface area (Å²) in [4.78, 5) is 41.8. The number of carbonyl (C=O) groups excluding carboxylic acids is 3. The smallest absolute Gasteiger partial charge is 0.341 e. The van der Waals surface area contributed by atoms with Crippen LogP contribution in [0.25, 0.3) is 11.1 Å². The third-order valence-corrected chi connectivity index (χ3v) is 15.1. The lowest BCUT2D eigenvalue weighted by atomic mass is 9.64. The van der Waals surface area contributed by atoms with Crippen molar-refractivity contribution in [3.8, 4) is 28.7 Å². The second kappa shape index (κ2) is 47.0. The normalized spacial score (nSPS) is 14.8. The second-order valence-electron chi connectivity index (χ2n) is 21.3. The van der Waals surface area contributed by atoms with Crippen LogP contribution in [0.2, 0.25) is 0 Å². The van der Waals surface area contributed by atoms with Crippen molar-refractivity contribution in [1.82, 2.24) is 0 Å². The van der Waals surface area contributed by atoms with Gasteiger partial charge < -0.3 is 99.5 Å². The van der Waals surface area contributed by atoms with Gasteiger partial charge in [-0.15, -0.1) is 0 Å². The van der Waals surface area contributed by atoms with Crippen LogP contribution in [0.4, 0.5) is 0 Å². The zero-order valence-electron chi connectivity index (χ0n) is 57.1. The van der Waals surface area contributed by atoms with Crippen LogP contribution >= 0.6 is 0 Å². The number of benzene rings is 3. The molecule has 0 amide bonds. The molecule has 3 aromatic carbocycles. The number of rotatable bonds is 54.